The molecule has 112 valence electrons. The number of alkyl halides is 3. The number of carbonyl (C=O) groups is 1. The smallest absolute Gasteiger partial charge is 0.320 e. The van der Waals surface area contributed by atoms with E-state index in [1.54, 1.807) is 12.1 Å². The van der Waals surface area contributed by atoms with Crippen LogP contribution in [-0.2, 0) is 11.0 Å². The number of anilines is 1. The third-order valence-corrected chi connectivity index (χ3v) is 3.42. The number of rotatable bonds is 1. The number of aliphatic imine (C=N–C) groups is 1. The van der Waals surface area contributed by atoms with Crippen LogP contribution in [-0.4, -0.2) is 11.6 Å². The second-order valence-corrected chi connectivity index (χ2v) is 4.93. The van der Waals surface area contributed by atoms with E-state index in [0.29, 0.717) is 11.3 Å². The van der Waals surface area contributed by atoms with E-state index in [1.807, 2.05) is 13.0 Å². The van der Waals surface area contributed by atoms with Crippen LogP contribution in [0.15, 0.2) is 47.5 Å². The van der Waals surface area contributed by atoms with E-state index in [9.17, 15) is 18.0 Å². The average Bonchev–Trinajstić information content (AvgIpc) is 2.77. The summed E-state index contributed by atoms with van der Waals surface area (Å²) in [4.78, 5) is 16.0. The van der Waals surface area contributed by atoms with Gasteiger partial charge in [0.05, 0.1) is 16.9 Å². The zero-order valence-corrected chi connectivity index (χ0v) is 11.5. The summed E-state index contributed by atoms with van der Waals surface area (Å²) in [6, 6.07) is 10.2. The SMILES string of the molecule is Cc1cccc2c1NC(=O)C2=Nc1ccccc1C(F)(F)F. The standard InChI is InChI=1S/C16H11F3N2O/c1-9-5-4-6-10-13(9)21-15(22)14(10)20-12-8-3-2-7-11(12)16(17,18)19/h2-8H,1H3,(H,20,21,22). The van der Waals surface area contributed by atoms with Gasteiger partial charge < -0.3 is 5.32 Å². The van der Waals surface area contributed by atoms with Crippen LogP contribution in [0.3, 0.4) is 0 Å². The zero-order valence-electron chi connectivity index (χ0n) is 11.5. The second kappa shape index (κ2) is 4.98. The van der Waals surface area contributed by atoms with Crippen LogP contribution in [0.25, 0.3) is 0 Å². The zero-order chi connectivity index (χ0) is 15.9. The van der Waals surface area contributed by atoms with Gasteiger partial charge in [-0.25, -0.2) is 4.99 Å². The third kappa shape index (κ3) is 2.36. The summed E-state index contributed by atoms with van der Waals surface area (Å²) < 4.78 is 39.0. The maximum atomic E-state index is 13.0. The summed E-state index contributed by atoms with van der Waals surface area (Å²) in [5.74, 6) is -0.499. The summed E-state index contributed by atoms with van der Waals surface area (Å²) in [6.07, 6.45) is -4.52. The van der Waals surface area contributed by atoms with Gasteiger partial charge in [0, 0.05) is 5.56 Å². The molecule has 1 N–H and O–H groups in total. The van der Waals surface area contributed by atoms with Crippen molar-refractivity contribution in [1.29, 1.82) is 0 Å². The number of benzene rings is 2. The molecule has 22 heavy (non-hydrogen) atoms. The van der Waals surface area contributed by atoms with Gasteiger partial charge in [-0.2, -0.15) is 13.2 Å². The molecular formula is C16H11F3N2O. The van der Waals surface area contributed by atoms with Gasteiger partial charge in [-0.15, -0.1) is 0 Å². The summed E-state index contributed by atoms with van der Waals surface area (Å²) in [7, 11) is 0. The Hall–Kier alpha value is -2.63. The van der Waals surface area contributed by atoms with Crippen molar-refractivity contribution in [3.8, 4) is 0 Å². The van der Waals surface area contributed by atoms with Crippen molar-refractivity contribution in [2.45, 2.75) is 13.1 Å². The van der Waals surface area contributed by atoms with Crippen LogP contribution in [0.5, 0.6) is 0 Å². The molecule has 2 aromatic rings. The van der Waals surface area contributed by atoms with Crippen LogP contribution < -0.4 is 5.32 Å². The molecule has 6 heteroatoms. The van der Waals surface area contributed by atoms with Gasteiger partial charge in [0.2, 0.25) is 0 Å². The van der Waals surface area contributed by atoms with Crippen molar-refractivity contribution >= 4 is 23.0 Å². The van der Waals surface area contributed by atoms with Crippen molar-refractivity contribution in [3.63, 3.8) is 0 Å². The van der Waals surface area contributed by atoms with E-state index in [2.05, 4.69) is 10.3 Å². The lowest BCUT2D eigenvalue weighted by atomic mass is 10.1. The van der Waals surface area contributed by atoms with Gasteiger partial charge in [-0.05, 0) is 24.6 Å². The van der Waals surface area contributed by atoms with Crippen molar-refractivity contribution in [3.05, 3.63) is 59.2 Å². The lowest BCUT2D eigenvalue weighted by molar-refractivity contribution is -0.137. The molecule has 0 spiro atoms. The van der Waals surface area contributed by atoms with Gasteiger partial charge in [-0.1, -0.05) is 30.3 Å². The average molecular weight is 304 g/mol. The molecule has 0 fully saturated rings. The fourth-order valence-corrected chi connectivity index (χ4v) is 2.37. The van der Waals surface area contributed by atoms with E-state index in [0.717, 1.165) is 11.6 Å². The van der Waals surface area contributed by atoms with Crippen LogP contribution in [0.2, 0.25) is 0 Å². The van der Waals surface area contributed by atoms with Crippen molar-refractivity contribution in [1.82, 2.24) is 0 Å². The normalized spacial score (nSPS) is 15.8. The highest BCUT2D eigenvalue weighted by Crippen LogP contribution is 2.37. The minimum Gasteiger partial charge on any atom is -0.320 e. The molecule has 2 aromatic carbocycles. The van der Waals surface area contributed by atoms with Crippen LogP contribution in [0, 0.1) is 6.92 Å². The number of hydrogen-bond donors (Lipinski definition) is 1. The fourth-order valence-electron chi connectivity index (χ4n) is 2.37. The summed E-state index contributed by atoms with van der Waals surface area (Å²) in [5.41, 5.74) is 0.805. The van der Waals surface area contributed by atoms with Crippen molar-refractivity contribution in [2.75, 3.05) is 5.32 Å². The van der Waals surface area contributed by atoms with Gasteiger partial charge in [0.1, 0.15) is 5.71 Å². The van der Waals surface area contributed by atoms with E-state index in [-0.39, 0.29) is 11.4 Å². The van der Waals surface area contributed by atoms with Crippen LogP contribution in [0.4, 0.5) is 24.5 Å². The Kier molecular flexibility index (Phi) is 3.24. The molecule has 1 heterocycles. The van der Waals surface area contributed by atoms with Gasteiger partial charge >= 0.3 is 6.18 Å². The van der Waals surface area contributed by atoms with E-state index >= 15 is 0 Å². The molecular weight excluding hydrogens is 293 g/mol. The van der Waals surface area contributed by atoms with Gasteiger partial charge in [0.25, 0.3) is 5.91 Å². The first-order valence-corrected chi connectivity index (χ1v) is 6.54. The molecule has 1 aliphatic heterocycles. The minimum atomic E-state index is -4.52. The van der Waals surface area contributed by atoms with Crippen molar-refractivity contribution < 1.29 is 18.0 Å². The number of nitrogens with zero attached hydrogens (tertiary/aromatic N) is 1. The minimum absolute atomic E-state index is 0.00426. The Morgan fingerprint density at radius 1 is 1.05 bits per heavy atom. The molecule has 0 saturated carbocycles. The molecule has 0 saturated heterocycles. The number of fused-ring (bicyclic) bond motifs is 1. The second-order valence-electron chi connectivity index (χ2n) is 4.93. The first kappa shape index (κ1) is 14.3. The van der Waals surface area contributed by atoms with Crippen LogP contribution >= 0.6 is 0 Å². The summed E-state index contributed by atoms with van der Waals surface area (Å²) >= 11 is 0. The summed E-state index contributed by atoms with van der Waals surface area (Å²) in [5, 5.41) is 2.64. The number of hydrogen-bond acceptors (Lipinski definition) is 2. The third-order valence-electron chi connectivity index (χ3n) is 3.42. The van der Waals surface area contributed by atoms with E-state index in [4.69, 9.17) is 0 Å². The first-order chi connectivity index (χ1) is 10.4. The molecule has 0 radical (unpaired) electrons. The summed E-state index contributed by atoms with van der Waals surface area (Å²) in [6.45, 7) is 1.81. The highest BCUT2D eigenvalue weighted by atomic mass is 19.4. The molecule has 0 atom stereocenters. The number of carbonyl (C=O) groups excluding carboxylic acids is 1. The van der Waals surface area contributed by atoms with Gasteiger partial charge in [0.15, 0.2) is 0 Å². The van der Waals surface area contributed by atoms with Gasteiger partial charge in [-0.3, -0.25) is 4.79 Å². The molecule has 0 aliphatic carbocycles. The Morgan fingerprint density at radius 2 is 1.77 bits per heavy atom. The lowest BCUT2D eigenvalue weighted by Crippen LogP contribution is -2.14. The fraction of sp³-hybridized carbons (Fsp3) is 0.125. The Morgan fingerprint density at radius 3 is 2.50 bits per heavy atom. The molecule has 1 amide bonds. The Bertz CT molecular complexity index is 794. The monoisotopic (exact) mass is 304 g/mol. The molecule has 0 aromatic heterocycles. The predicted octanol–water partition coefficient (Wildman–Crippen LogP) is 4.09. The number of nitrogens with one attached hydrogen (secondary N) is 1. The molecule has 3 rings (SSSR count). The largest absolute Gasteiger partial charge is 0.418 e. The van der Waals surface area contributed by atoms with E-state index < -0.39 is 17.6 Å². The number of aryl methyl sites for hydroxylation is 1. The molecule has 0 unspecified atom stereocenters. The highest BCUT2D eigenvalue weighted by molar-refractivity contribution is 6.54. The number of amides is 1. The topological polar surface area (TPSA) is 41.5 Å². The Balaban J connectivity index is 2.16. The number of para-hydroxylation sites is 2. The Labute approximate surface area is 124 Å². The predicted molar refractivity (Wildman–Crippen MR) is 77.4 cm³/mol. The quantitative estimate of drug-likeness (QED) is 0.847. The maximum absolute atomic E-state index is 13.0. The highest BCUT2D eigenvalue weighted by Gasteiger charge is 2.34. The van der Waals surface area contributed by atoms with Crippen molar-refractivity contribution in [2.24, 2.45) is 4.99 Å². The van der Waals surface area contributed by atoms with E-state index in [1.165, 1.54) is 18.2 Å². The van der Waals surface area contributed by atoms with Crippen LogP contribution in [0.1, 0.15) is 16.7 Å². The number of halogens is 3. The lowest BCUT2D eigenvalue weighted by Gasteiger charge is -2.09. The molecule has 3 nitrogen and oxygen atoms in total. The molecule has 1 aliphatic rings. The maximum Gasteiger partial charge on any atom is 0.418 e. The first-order valence-electron chi connectivity index (χ1n) is 6.54. The molecule has 0 bridgehead atoms.